The van der Waals surface area contributed by atoms with E-state index in [9.17, 15) is 4.79 Å². The second-order valence-corrected chi connectivity index (χ2v) is 3.64. The highest BCUT2D eigenvalue weighted by molar-refractivity contribution is 6.03. The average Bonchev–Trinajstić information content (AvgIpc) is 2.82. The molecule has 96 valence electrons. The van der Waals surface area contributed by atoms with E-state index in [4.69, 9.17) is 5.73 Å². The Labute approximate surface area is 109 Å². The Morgan fingerprint density at radius 2 is 2.16 bits per heavy atom. The molecule has 0 aliphatic rings. The van der Waals surface area contributed by atoms with Crippen LogP contribution in [0.25, 0.3) is 0 Å². The average molecular weight is 256 g/mol. The Morgan fingerprint density at radius 3 is 2.74 bits per heavy atom. The maximum Gasteiger partial charge on any atom is 0.270 e. The minimum Gasteiger partial charge on any atom is -0.320 e. The largest absolute Gasteiger partial charge is 0.320 e. The summed E-state index contributed by atoms with van der Waals surface area (Å²) in [6.07, 6.45) is 0. The Morgan fingerprint density at radius 1 is 1.42 bits per heavy atom. The van der Waals surface area contributed by atoms with E-state index < -0.39 is 0 Å². The number of aryl methyl sites for hydroxylation is 1. The maximum atomic E-state index is 11.9. The van der Waals surface area contributed by atoms with Crippen LogP contribution in [0.3, 0.4) is 0 Å². The number of tetrazole rings is 1. The van der Waals surface area contributed by atoms with Gasteiger partial charge in [-0.1, -0.05) is 16.9 Å². The smallest absolute Gasteiger partial charge is 0.270 e. The number of nitrogens with one attached hydrogen (secondary N) is 1. The summed E-state index contributed by atoms with van der Waals surface area (Å²) in [5.41, 5.74) is 6.58. The molecule has 0 bridgehead atoms. The monoisotopic (exact) mass is 256 g/mol. The molecule has 0 atom stereocenters. The molecule has 1 amide bonds. The van der Waals surface area contributed by atoms with Crippen LogP contribution in [0.4, 0.5) is 5.95 Å². The van der Waals surface area contributed by atoms with Crippen molar-refractivity contribution in [3.05, 3.63) is 35.4 Å². The molecule has 2 aromatic rings. The standard InChI is InChI=1S/C12H12N6O/c1-18-16-12(15-17-18)14-11(19)10-6-4-9(5-7-10)3-2-8-13/h4-7H,8,13H2,1H3,(H,14,16,19). The summed E-state index contributed by atoms with van der Waals surface area (Å²) in [6, 6.07) is 6.85. The van der Waals surface area contributed by atoms with E-state index >= 15 is 0 Å². The van der Waals surface area contributed by atoms with Crippen LogP contribution in [0, 0.1) is 11.8 Å². The number of carbonyl (C=O) groups excluding carboxylic acids is 1. The van der Waals surface area contributed by atoms with E-state index in [1.54, 1.807) is 31.3 Å². The molecule has 0 fully saturated rings. The van der Waals surface area contributed by atoms with Crippen molar-refractivity contribution in [2.45, 2.75) is 0 Å². The molecule has 0 aliphatic heterocycles. The van der Waals surface area contributed by atoms with E-state index in [2.05, 4.69) is 32.6 Å². The zero-order chi connectivity index (χ0) is 13.7. The Bertz CT molecular complexity index is 634. The Kier molecular flexibility index (Phi) is 3.85. The van der Waals surface area contributed by atoms with Crippen molar-refractivity contribution in [2.24, 2.45) is 12.8 Å². The van der Waals surface area contributed by atoms with E-state index in [0.717, 1.165) is 5.56 Å². The predicted molar refractivity (Wildman–Crippen MR) is 69.1 cm³/mol. The van der Waals surface area contributed by atoms with Gasteiger partial charge in [0.2, 0.25) is 0 Å². The third-order valence-corrected chi connectivity index (χ3v) is 2.22. The van der Waals surface area contributed by atoms with Gasteiger partial charge in [-0.2, -0.15) is 4.80 Å². The summed E-state index contributed by atoms with van der Waals surface area (Å²) in [5, 5.41) is 13.7. The third-order valence-electron chi connectivity index (χ3n) is 2.22. The second-order valence-electron chi connectivity index (χ2n) is 3.64. The topological polar surface area (TPSA) is 98.7 Å². The molecule has 7 heteroatoms. The van der Waals surface area contributed by atoms with Crippen LogP contribution < -0.4 is 11.1 Å². The Hall–Kier alpha value is -2.72. The van der Waals surface area contributed by atoms with Gasteiger partial charge >= 0.3 is 0 Å². The van der Waals surface area contributed by atoms with E-state index in [1.807, 2.05) is 0 Å². The number of amides is 1. The summed E-state index contributed by atoms with van der Waals surface area (Å²) in [6.45, 7) is 0.306. The minimum atomic E-state index is -0.300. The zero-order valence-corrected chi connectivity index (χ0v) is 10.3. The van der Waals surface area contributed by atoms with Gasteiger partial charge in [0, 0.05) is 11.1 Å². The van der Waals surface area contributed by atoms with Gasteiger partial charge in [-0.3, -0.25) is 10.1 Å². The molecule has 19 heavy (non-hydrogen) atoms. The lowest BCUT2D eigenvalue weighted by atomic mass is 10.1. The van der Waals surface area contributed by atoms with Crippen LogP contribution in [0.2, 0.25) is 0 Å². The molecule has 7 nitrogen and oxygen atoms in total. The van der Waals surface area contributed by atoms with Crippen molar-refractivity contribution in [3.63, 3.8) is 0 Å². The van der Waals surface area contributed by atoms with E-state index in [1.165, 1.54) is 4.80 Å². The number of benzene rings is 1. The molecule has 0 aliphatic carbocycles. The first kappa shape index (κ1) is 12.7. The van der Waals surface area contributed by atoms with Crippen LogP contribution >= 0.6 is 0 Å². The quantitative estimate of drug-likeness (QED) is 0.723. The van der Waals surface area contributed by atoms with Gasteiger partial charge in [0.05, 0.1) is 13.6 Å². The first-order chi connectivity index (χ1) is 9.19. The van der Waals surface area contributed by atoms with Crippen LogP contribution in [0.15, 0.2) is 24.3 Å². The first-order valence-corrected chi connectivity index (χ1v) is 5.53. The molecule has 0 saturated carbocycles. The summed E-state index contributed by atoms with van der Waals surface area (Å²) in [4.78, 5) is 13.1. The number of anilines is 1. The van der Waals surface area contributed by atoms with Crippen LogP contribution in [0.1, 0.15) is 15.9 Å². The molecule has 1 aromatic carbocycles. The number of aromatic nitrogens is 4. The fraction of sp³-hybridized carbons (Fsp3) is 0.167. The molecule has 3 N–H and O–H groups in total. The second kappa shape index (κ2) is 5.75. The van der Waals surface area contributed by atoms with E-state index in [-0.39, 0.29) is 11.9 Å². The molecular formula is C12H12N6O. The van der Waals surface area contributed by atoms with Crippen molar-refractivity contribution in [1.29, 1.82) is 0 Å². The highest BCUT2D eigenvalue weighted by Crippen LogP contribution is 2.05. The van der Waals surface area contributed by atoms with Gasteiger partial charge in [0.25, 0.3) is 11.9 Å². The number of carbonyl (C=O) groups is 1. The van der Waals surface area contributed by atoms with Gasteiger partial charge in [-0.15, -0.1) is 5.10 Å². The summed E-state index contributed by atoms with van der Waals surface area (Å²) < 4.78 is 0. The lowest BCUT2D eigenvalue weighted by Crippen LogP contribution is -2.13. The van der Waals surface area contributed by atoms with Crippen molar-refractivity contribution < 1.29 is 4.79 Å². The Balaban J connectivity index is 2.07. The van der Waals surface area contributed by atoms with Crippen molar-refractivity contribution >= 4 is 11.9 Å². The molecule has 1 heterocycles. The van der Waals surface area contributed by atoms with Crippen molar-refractivity contribution in [1.82, 2.24) is 20.2 Å². The summed E-state index contributed by atoms with van der Waals surface area (Å²) >= 11 is 0. The highest BCUT2D eigenvalue weighted by Gasteiger charge is 2.08. The molecule has 0 radical (unpaired) electrons. The molecular weight excluding hydrogens is 244 g/mol. The molecule has 0 saturated heterocycles. The van der Waals surface area contributed by atoms with Gasteiger partial charge in [0.1, 0.15) is 0 Å². The number of hydrogen-bond donors (Lipinski definition) is 2. The minimum absolute atomic E-state index is 0.166. The van der Waals surface area contributed by atoms with Crippen LogP contribution in [-0.4, -0.2) is 32.7 Å². The van der Waals surface area contributed by atoms with Crippen LogP contribution in [-0.2, 0) is 7.05 Å². The molecule has 1 aromatic heterocycles. The fourth-order valence-corrected chi connectivity index (χ4v) is 1.37. The summed E-state index contributed by atoms with van der Waals surface area (Å²) in [5.74, 6) is 5.49. The lowest BCUT2D eigenvalue weighted by Gasteiger charge is -2.00. The third kappa shape index (κ3) is 3.37. The molecule has 0 unspecified atom stereocenters. The first-order valence-electron chi connectivity index (χ1n) is 5.53. The maximum absolute atomic E-state index is 11.9. The zero-order valence-electron chi connectivity index (χ0n) is 10.3. The van der Waals surface area contributed by atoms with Gasteiger partial charge in [-0.25, -0.2) is 0 Å². The highest BCUT2D eigenvalue weighted by atomic mass is 16.1. The molecule has 2 rings (SSSR count). The van der Waals surface area contributed by atoms with Gasteiger partial charge in [-0.05, 0) is 29.5 Å². The fourth-order valence-electron chi connectivity index (χ4n) is 1.37. The number of nitrogens with zero attached hydrogens (tertiary/aromatic N) is 4. The van der Waals surface area contributed by atoms with Crippen molar-refractivity contribution in [3.8, 4) is 11.8 Å². The van der Waals surface area contributed by atoms with E-state index in [0.29, 0.717) is 12.1 Å². The van der Waals surface area contributed by atoms with Gasteiger partial charge in [0.15, 0.2) is 0 Å². The number of nitrogens with two attached hydrogens (primary N) is 1. The van der Waals surface area contributed by atoms with Crippen molar-refractivity contribution in [2.75, 3.05) is 11.9 Å². The van der Waals surface area contributed by atoms with Crippen LogP contribution in [0.5, 0.6) is 0 Å². The number of rotatable bonds is 2. The predicted octanol–water partition coefficient (Wildman–Crippen LogP) is -0.227. The summed E-state index contributed by atoms with van der Waals surface area (Å²) in [7, 11) is 1.62. The SMILES string of the molecule is Cn1nnc(NC(=O)c2ccc(C#CCN)cc2)n1. The normalized spacial score (nSPS) is 9.58. The number of hydrogen-bond acceptors (Lipinski definition) is 5. The lowest BCUT2D eigenvalue weighted by molar-refractivity contribution is 0.102. The van der Waals surface area contributed by atoms with Gasteiger partial charge < -0.3 is 5.73 Å². The molecule has 0 spiro atoms.